The molecule has 0 fully saturated rings. The first kappa shape index (κ1) is 10.7. The average molecular weight is 273 g/mol. The van der Waals surface area contributed by atoms with Gasteiger partial charge in [0.2, 0.25) is 0 Å². The second-order valence-corrected chi connectivity index (χ2v) is 3.46. The van der Waals surface area contributed by atoms with Crippen molar-refractivity contribution in [3.05, 3.63) is 12.2 Å². The standard InChI is InChI=1S/C6H12INOS/c1-6(2)5-8-3-4-9-10-7/h8H,1,3-5H2,2H3. The predicted molar refractivity (Wildman–Crippen MR) is 55.2 cm³/mol. The Kier molecular flexibility index (Phi) is 8.42. The molecular weight excluding hydrogens is 261 g/mol. The van der Waals surface area contributed by atoms with Gasteiger partial charge < -0.3 is 9.50 Å². The Hall–Kier alpha value is 0.740. The molecule has 0 saturated heterocycles. The number of hydrogen-bond donors (Lipinski definition) is 1. The van der Waals surface area contributed by atoms with Crippen LogP contribution in [0.15, 0.2) is 12.2 Å². The van der Waals surface area contributed by atoms with Gasteiger partial charge in [-0.1, -0.05) is 12.2 Å². The summed E-state index contributed by atoms with van der Waals surface area (Å²) in [4.78, 5) is 0. The summed E-state index contributed by atoms with van der Waals surface area (Å²) in [5.74, 6) is 0. The fraction of sp³-hybridized carbons (Fsp3) is 0.667. The van der Waals surface area contributed by atoms with Gasteiger partial charge in [-0.25, -0.2) is 0 Å². The lowest BCUT2D eigenvalue weighted by Crippen LogP contribution is -2.20. The summed E-state index contributed by atoms with van der Waals surface area (Å²) >= 11 is 2.10. The Labute approximate surface area is 78.6 Å². The molecule has 0 spiro atoms. The van der Waals surface area contributed by atoms with Crippen LogP contribution in [0.5, 0.6) is 0 Å². The van der Waals surface area contributed by atoms with Crippen LogP contribution in [0.2, 0.25) is 0 Å². The summed E-state index contributed by atoms with van der Waals surface area (Å²) in [6.45, 7) is 8.29. The summed E-state index contributed by atoms with van der Waals surface area (Å²) in [5.41, 5.74) is 1.15. The Bertz CT molecular complexity index is 99.7. The maximum Gasteiger partial charge on any atom is 0.0748 e. The minimum absolute atomic E-state index is 0.751. The van der Waals surface area contributed by atoms with Crippen LogP contribution in [0.1, 0.15) is 6.92 Å². The van der Waals surface area contributed by atoms with Gasteiger partial charge in [-0.15, -0.1) is 0 Å². The fourth-order valence-corrected chi connectivity index (χ4v) is 1.13. The van der Waals surface area contributed by atoms with Gasteiger partial charge in [0.1, 0.15) is 0 Å². The molecule has 0 amide bonds. The highest BCUT2D eigenvalue weighted by Crippen LogP contribution is 2.10. The van der Waals surface area contributed by atoms with Crippen molar-refractivity contribution in [2.75, 3.05) is 19.7 Å². The van der Waals surface area contributed by atoms with E-state index in [4.69, 9.17) is 4.18 Å². The zero-order valence-corrected chi connectivity index (χ0v) is 9.00. The molecule has 0 aromatic rings. The largest absolute Gasteiger partial charge is 0.311 e. The van der Waals surface area contributed by atoms with Crippen molar-refractivity contribution in [2.24, 2.45) is 0 Å². The predicted octanol–water partition coefficient (Wildman–Crippen LogP) is 2.17. The molecule has 0 aromatic carbocycles. The first-order chi connectivity index (χ1) is 4.77. The quantitative estimate of drug-likeness (QED) is 0.347. The smallest absolute Gasteiger partial charge is 0.0748 e. The van der Waals surface area contributed by atoms with E-state index in [1.165, 1.54) is 9.21 Å². The van der Waals surface area contributed by atoms with E-state index in [9.17, 15) is 0 Å². The van der Waals surface area contributed by atoms with E-state index in [1.54, 1.807) is 0 Å². The first-order valence-electron chi connectivity index (χ1n) is 3.02. The van der Waals surface area contributed by atoms with Crippen LogP contribution in [0.25, 0.3) is 0 Å². The topological polar surface area (TPSA) is 21.3 Å². The second-order valence-electron chi connectivity index (χ2n) is 2.02. The van der Waals surface area contributed by atoms with Crippen molar-refractivity contribution in [3.63, 3.8) is 0 Å². The summed E-state index contributed by atoms with van der Waals surface area (Å²) in [6, 6.07) is 0. The Morgan fingerprint density at radius 1 is 1.80 bits per heavy atom. The molecule has 0 unspecified atom stereocenters. The van der Waals surface area contributed by atoms with Crippen molar-refractivity contribution >= 4 is 30.4 Å². The molecule has 0 aliphatic heterocycles. The maximum atomic E-state index is 5.03. The van der Waals surface area contributed by atoms with Crippen LogP contribution in [0, 0.1) is 0 Å². The minimum Gasteiger partial charge on any atom is -0.311 e. The van der Waals surface area contributed by atoms with Crippen LogP contribution < -0.4 is 5.32 Å². The molecule has 0 saturated carbocycles. The van der Waals surface area contributed by atoms with E-state index < -0.39 is 0 Å². The molecule has 1 N–H and O–H groups in total. The molecule has 0 heterocycles. The number of rotatable bonds is 6. The molecule has 0 bridgehead atoms. The van der Waals surface area contributed by atoms with Gasteiger partial charge in [0, 0.05) is 34.3 Å². The van der Waals surface area contributed by atoms with Gasteiger partial charge in [-0.2, -0.15) is 0 Å². The molecule has 0 aliphatic rings. The highest BCUT2D eigenvalue weighted by Gasteiger charge is 1.86. The molecule has 2 nitrogen and oxygen atoms in total. The zero-order valence-electron chi connectivity index (χ0n) is 6.02. The monoisotopic (exact) mass is 273 g/mol. The van der Waals surface area contributed by atoms with Crippen molar-refractivity contribution in [3.8, 4) is 0 Å². The Morgan fingerprint density at radius 3 is 3.00 bits per heavy atom. The number of nitrogens with one attached hydrogen (secondary N) is 1. The lowest BCUT2D eigenvalue weighted by Gasteiger charge is -2.01. The van der Waals surface area contributed by atoms with E-state index in [0.29, 0.717) is 0 Å². The SMILES string of the molecule is C=C(C)CNCCOSI. The van der Waals surface area contributed by atoms with Gasteiger partial charge in [0.15, 0.2) is 0 Å². The van der Waals surface area contributed by atoms with E-state index in [1.807, 2.05) is 6.92 Å². The van der Waals surface area contributed by atoms with E-state index in [-0.39, 0.29) is 0 Å². The average Bonchev–Trinajstić information content (AvgIpc) is 1.87. The molecule has 0 atom stereocenters. The fourth-order valence-electron chi connectivity index (χ4n) is 0.447. The minimum atomic E-state index is 0.751. The molecule has 60 valence electrons. The third kappa shape index (κ3) is 8.74. The van der Waals surface area contributed by atoms with Gasteiger partial charge in [0.25, 0.3) is 0 Å². The highest BCUT2D eigenvalue weighted by molar-refractivity contribution is 14.2. The van der Waals surface area contributed by atoms with Crippen molar-refractivity contribution < 1.29 is 4.18 Å². The molecular formula is C6H12INOS. The molecule has 0 aliphatic carbocycles. The Morgan fingerprint density at radius 2 is 2.50 bits per heavy atom. The summed E-state index contributed by atoms with van der Waals surface area (Å²) in [5, 5.41) is 3.18. The summed E-state index contributed by atoms with van der Waals surface area (Å²) in [6.07, 6.45) is 0. The van der Waals surface area contributed by atoms with Crippen LogP contribution >= 0.6 is 30.4 Å². The molecule has 0 rings (SSSR count). The normalized spacial score (nSPS) is 9.80. The number of hydrogen-bond acceptors (Lipinski definition) is 3. The number of halogens is 1. The van der Waals surface area contributed by atoms with Crippen molar-refractivity contribution in [2.45, 2.75) is 6.92 Å². The van der Waals surface area contributed by atoms with Gasteiger partial charge in [-0.3, -0.25) is 0 Å². The summed E-state index contributed by atoms with van der Waals surface area (Å²) < 4.78 is 5.03. The maximum absolute atomic E-state index is 5.03. The first-order valence-corrected chi connectivity index (χ1v) is 6.31. The highest BCUT2D eigenvalue weighted by atomic mass is 127. The summed E-state index contributed by atoms with van der Waals surface area (Å²) in [7, 11) is 1.37. The van der Waals surface area contributed by atoms with Gasteiger partial charge in [0.05, 0.1) is 15.8 Å². The lowest BCUT2D eigenvalue weighted by molar-refractivity contribution is 0.376. The third-order valence-corrected chi connectivity index (χ3v) is 1.85. The van der Waals surface area contributed by atoms with Crippen LogP contribution in [-0.4, -0.2) is 19.7 Å². The zero-order chi connectivity index (χ0) is 7.82. The van der Waals surface area contributed by atoms with E-state index in [2.05, 4.69) is 33.1 Å². The van der Waals surface area contributed by atoms with Gasteiger partial charge in [-0.05, 0) is 6.92 Å². The van der Waals surface area contributed by atoms with Crippen LogP contribution in [-0.2, 0) is 4.18 Å². The lowest BCUT2D eigenvalue weighted by atomic mass is 10.3. The van der Waals surface area contributed by atoms with Crippen LogP contribution in [0.4, 0.5) is 0 Å². The third-order valence-electron chi connectivity index (χ3n) is 0.833. The van der Waals surface area contributed by atoms with E-state index >= 15 is 0 Å². The van der Waals surface area contributed by atoms with Crippen LogP contribution in [0.3, 0.4) is 0 Å². The second kappa shape index (κ2) is 7.84. The molecule has 0 aromatic heterocycles. The van der Waals surface area contributed by atoms with Gasteiger partial charge >= 0.3 is 0 Å². The van der Waals surface area contributed by atoms with Crippen molar-refractivity contribution in [1.82, 2.24) is 5.32 Å². The molecule has 10 heavy (non-hydrogen) atoms. The molecule has 4 heteroatoms. The molecule has 0 radical (unpaired) electrons. The Balaban J connectivity index is 2.84. The van der Waals surface area contributed by atoms with Crippen molar-refractivity contribution in [1.29, 1.82) is 0 Å². The van der Waals surface area contributed by atoms with E-state index in [0.717, 1.165) is 25.3 Å².